The molecular formula is C9H17N3. The number of nitrogens with one attached hydrogen (secondary N) is 2. The first-order chi connectivity index (χ1) is 5.88. The molecule has 0 aromatic carbocycles. The minimum atomic E-state index is 0.938. The van der Waals surface area contributed by atoms with Crippen molar-refractivity contribution in [3.63, 3.8) is 0 Å². The molecule has 3 nitrogen and oxygen atoms in total. The zero-order chi connectivity index (χ0) is 8.81. The van der Waals surface area contributed by atoms with Gasteiger partial charge in [0.1, 0.15) is 0 Å². The smallest absolute Gasteiger partial charge is 0.0535 e. The van der Waals surface area contributed by atoms with E-state index in [1.807, 2.05) is 6.20 Å². The van der Waals surface area contributed by atoms with Crippen LogP contribution in [-0.4, -0.2) is 16.7 Å². The van der Waals surface area contributed by atoms with Gasteiger partial charge in [-0.05, 0) is 19.4 Å². The van der Waals surface area contributed by atoms with Crippen LogP contribution in [0.5, 0.6) is 0 Å². The van der Waals surface area contributed by atoms with Gasteiger partial charge in [0.15, 0.2) is 0 Å². The molecule has 1 aromatic heterocycles. The fourth-order valence-corrected chi connectivity index (χ4v) is 1.20. The van der Waals surface area contributed by atoms with E-state index in [1.54, 1.807) is 0 Å². The van der Waals surface area contributed by atoms with Gasteiger partial charge in [-0.1, -0.05) is 13.8 Å². The van der Waals surface area contributed by atoms with Crippen molar-refractivity contribution < 1.29 is 0 Å². The lowest BCUT2D eigenvalue weighted by atomic mass is 10.2. The van der Waals surface area contributed by atoms with Gasteiger partial charge in [-0.25, -0.2) is 0 Å². The van der Waals surface area contributed by atoms with Gasteiger partial charge in [0, 0.05) is 17.8 Å². The monoisotopic (exact) mass is 167 g/mol. The van der Waals surface area contributed by atoms with Gasteiger partial charge in [0.05, 0.1) is 6.20 Å². The molecule has 0 aliphatic carbocycles. The zero-order valence-corrected chi connectivity index (χ0v) is 7.85. The Morgan fingerprint density at radius 2 is 2.33 bits per heavy atom. The Kier molecular flexibility index (Phi) is 3.80. The summed E-state index contributed by atoms with van der Waals surface area (Å²) in [6.45, 7) is 6.32. The number of aromatic amines is 1. The van der Waals surface area contributed by atoms with E-state index >= 15 is 0 Å². The van der Waals surface area contributed by atoms with Gasteiger partial charge in [0.25, 0.3) is 0 Å². The molecule has 0 saturated carbocycles. The van der Waals surface area contributed by atoms with Gasteiger partial charge in [-0.2, -0.15) is 5.10 Å². The fraction of sp³-hybridized carbons (Fsp3) is 0.667. The van der Waals surface area contributed by atoms with Crippen LogP contribution in [0.2, 0.25) is 0 Å². The van der Waals surface area contributed by atoms with Crippen LogP contribution in [0, 0.1) is 0 Å². The van der Waals surface area contributed by atoms with Crippen molar-refractivity contribution in [1.82, 2.24) is 15.5 Å². The lowest BCUT2D eigenvalue weighted by Gasteiger charge is -2.01. The van der Waals surface area contributed by atoms with Gasteiger partial charge in [-0.3, -0.25) is 5.10 Å². The Bertz CT molecular complexity index is 217. The highest BCUT2D eigenvalue weighted by molar-refractivity contribution is 5.15. The fourth-order valence-electron chi connectivity index (χ4n) is 1.20. The molecule has 2 N–H and O–H groups in total. The van der Waals surface area contributed by atoms with E-state index in [0.29, 0.717) is 0 Å². The molecule has 0 aliphatic rings. The summed E-state index contributed by atoms with van der Waals surface area (Å²) < 4.78 is 0. The van der Waals surface area contributed by atoms with Gasteiger partial charge in [0.2, 0.25) is 0 Å². The SMILES string of the molecule is CCCNCc1cn[nH]c1CC. The minimum absolute atomic E-state index is 0.938. The van der Waals surface area contributed by atoms with E-state index in [0.717, 1.165) is 19.5 Å². The third kappa shape index (κ3) is 2.34. The van der Waals surface area contributed by atoms with Crippen molar-refractivity contribution in [2.45, 2.75) is 33.2 Å². The second kappa shape index (κ2) is 4.93. The van der Waals surface area contributed by atoms with Crippen molar-refractivity contribution >= 4 is 0 Å². The molecule has 0 unspecified atom stereocenters. The Hall–Kier alpha value is -0.830. The number of aryl methyl sites for hydroxylation is 1. The van der Waals surface area contributed by atoms with Gasteiger partial charge >= 0.3 is 0 Å². The quantitative estimate of drug-likeness (QED) is 0.652. The van der Waals surface area contributed by atoms with Crippen LogP contribution in [0.4, 0.5) is 0 Å². The summed E-state index contributed by atoms with van der Waals surface area (Å²) in [5.41, 5.74) is 2.55. The van der Waals surface area contributed by atoms with Crippen LogP contribution in [0.1, 0.15) is 31.5 Å². The first kappa shape index (κ1) is 9.26. The lowest BCUT2D eigenvalue weighted by Crippen LogP contribution is -2.14. The van der Waals surface area contributed by atoms with Crippen LogP contribution >= 0.6 is 0 Å². The highest BCUT2D eigenvalue weighted by Gasteiger charge is 2.00. The highest BCUT2D eigenvalue weighted by atomic mass is 15.1. The summed E-state index contributed by atoms with van der Waals surface area (Å²) >= 11 is 0. The van der Waals surface area contributed by atoms with E-state index in [-0.39, 0.29) is 0 Å². The molecular weight excluding hydrogens is 150 g/mol. The third-order valence-corrected chi connectivity index (χ3v) is 1.90. The van der Waals surface area contributed by atoms with Crippen molar-refractivity contribution in [1.29, 1.82) is 0 Å². The standard InChI is InChI=1S/C9H17N3/c1-3-5-10-6-8-7-11-12-9(8)4-2/h7,10H,3-6H2,1-2H3,(H,11,12). The predicted molar refractivity (Wildman–Crippen MR) is 50.0 cm³/mol. The maximum absolute atomic E-state index is 4.01. The number of nitrogens with zero attached hydrogens (tertiary/aromatic N) is 1. The average molecular weight is 167 g/mol. The van der Waals surface area contributed by atoms with Crippen molar-refractivity contribution in [3.05, 3.63) is 17.5 Å². The maximum atomic E-state index is 4.01. The third-order valence-electron chi connectivity index (χ3n) is 1.90. The summed E-state index contributed by atoms with van der Waals surface area (Å²) in [6, 6.07) is 0. The molecule has 0 saturated heterocycles. The molecule has 1 heterocycles. The zero-order valence-electron chi connectivity index (χ0n) is 7.85. The second-order valence-electron chi connectivity index (χ2n) is 2.90. The first-order valence-electron chi connectivity index (χ1n) is 4.60. The van der Waals surface area contributed by atoms with Crippen molar-refractivity contribution in [2.24, 2.45) is 0 Å². The summed E-state index contributed by atoms with van der Waals surface area (Å²) in [5, 5.41) is 10.4. The summed E-state index contributed by atoms with van der Waals surface area (Å²) in [5.74, 6) is 0. The molecule has 3 heteroatoms. The van der Waals surface area contributed by atoms with Gasteiger partial charge < -0.3 is 5.32 Å². The van der Waals surface area contributed by atoms with Gasteiger partial charge in [-0.15, -0.1) is 0 Å². The molecule has 1 aromatic rings. The molecule has 0 aliphatic heterocycles. The van der Waals surface area contributed by atoms with Crippen molar-refractivity contribution in [3.8, 4) is 0 Å². The number of aromatic nitrogens is 2. The second-order valence-corrected chi connectivity index (χ2v) is 2.90. The maximum Gasteiger partial charge on any atom is 0.0535 e. The summed E-state index contributed by atoms with van der Waals surface area (Å²) in [7, 11) is 0. The molecule has 12 heavy (non-hydrogen) atoms. The summed E-state index contributed by atoms with van der Waals surface area (Å²) in [4.78, 5) is 0. The molecule has 0 atom stereocenters. The number of hydrogen-bond acceptors (Lipinski definition) is 2. The highest BCUT2D eigenvalue weighted by Crippen LogP contribution is 2.03. The van der Waals surface area contributed by atoms with E-state index in [1.165, 1.54) is 17.7 Å². The Morgan fingerprint density at radius 3 is 3.00 bits per heavy atom. The van der Waals surface area contributed by atoms with Crippen LogP contribution in [0.3, 0.4) is 0 Å². The summed E-state index contributed by atoms with van der Waals surface area (Å²) in [6.07, 6.45) is 4.12. The number of rotatable bonds is 5. The normalized spacial score (nSPS) is 10.5. The van der Waals surface area contributed by atoms with Crippen LogP contribution in [0.25, 0.3) is 0 Å². The largest absolute Gasteiger partial charge is 0.313 e. The van der Waals surface area contributed by atoms with E-state index in [2.05, 4.69) is 29.4 Å². The Labute approximate surface area is 73.6 Å². The minimum Gasteiger partial charge on any atom is -0.313 e. The van der Waals surface area contributed by atoms with E-state index in [4.69, 9.17) is 0 Å². The van der Waals surface area contributed by atoms with E-state index < -0.39 is 0 Å². The lowest BCUT2D eigenvalue weighted by molar-refractivity contribution is 0.671. The van der Waals surface area contributed by atoms with Crippen LogP contribution in [-0.2, 0) is 13.0 Å². The number of H-pyrrole nitrogens is 1. The predicted octanol–water partition coefficient (Wildman–Crippen LogP) is 1.47. The molecule has 68 valence electrons. The number of hydrogen-bond donors (Lipinski definition) is 2. The van der Waals surface area contributed by atoms with Crippen LogP contribution < -0.4 is 5.32 Å². The molecule has 0 fully saturated rings. The van der Waals surface area contributed by atoms with Crippen molar-refractivity contribution in [2.75, 3.05) is 6.54 Å². The molecule has 0 spiro atoms. The van der Waals surface area contributed by atoms with E-state index in [9.17, 15) is 0 Å². The molecule has 0 bridgehead atoms. The topological polar surface area (TPSA) is 40.7 Å². The molecule has 0 amide bonds. The molecule has 1 rings (SSSR count). The van der Waals surface area contributed by atoms with Crippen LogP contribution in [0.15, 0.2) is 6.20 Å². The first-order valence-corrected chi connectivity index (χ1v) is 4.60. The Balaban J connectivity index is 2.39. The Morgan fingerprint density at radius 1 is 1.50 bits per heavy atom. The molecule has 0 radical (unpaired) electrons. The average Bonchev–Trinajstić information content (AvgIpc) is 2.52.